The lowest BCUT2D eigenvalue weighted by molar-refractivity contribution is -0.115. The van der Waals surface area contributed by atoms with Crippen LogP contribution in [0.2, 0.25) is 0 Å². The lowest BCUT2D eigenvalue weighted by Crippen LogP contribution is -2.29. The van der Waals surface area contributed by atoms with Gasteiger partial charge in [-0.1, -0.05) is 25.1 Å². The third-order valence-corrected chi connectivity index (χ3v) is 2.66. The number of carbonyl (C=O) groups is 1. The van der Waals surface area contributed by atoms with Crippen LogP contribution >= 0.6 is 0 Å². The molecule has 2 N–H and O–H groups in total. The molecule has 1 rings (SSSR count). The Hall–Kier alpha value is -1.39. The minimum absolute atomic E-state index is 0.00619. The van der Waals surface area contributed by atoms with Gasteiger partial charge in [-0.3, -0.25) is 4.79 Å². The quantitative estimate of drug-likeness (QED) is 0.692. The van der Waals surface area contributed by atoms with Crippen molar-refractivity contribution in [3.63, 3.8) is 0 Å². The Morgan fingerprint density at radius 3 is 2.83 bits per heavy atom. The molecule has 0 saturated carbocycles. The Morgan fingerprint density at radius 1 is 1.33 bits per heavy atom. The van der Waals surface area contributed by atoms with E-state index in [2.05, 4.69) is 17.6 Å². The highest BCUT2D eigenvalue weighted by molar-refractivity contribution is 5.92. The average Bonchev–Trinajstić information content (AvgIpc) is 2.39. The van der Waals surface area contributed by atoms with Gasteiger partial charge in [0, 0.05) is 19.4 Å². The van der Waals surface area contributed by atoms with Crippen molar-refractivity contribution < 1.29 is 9.53 Å². The number of para-hydroxylation sites is 1. The molecule has 1 aromatic carbocycles. The molecule has 0 bridgehead atoms. The first-order valence-corrected chi connectivity index (χ1v) is 6.35. The molecule has 18 heavy (non-hydrogen) atoms. The number of carbonyl (C=O) groups excluding carboxylic acids is 1. The van der Waals surface area contributed by atoms with E-state index in [-0.39, 0.29) is 5.91 Å². The van der Waals surface area contributed by atoms with Crippen LogP contribution in [0.1, 0.15) is 18.9 Å². The topological polar surface area (TPSA) is 50.4 Å². The lowest BCUT2D eigenvalue weighted by atomic mass is 10.1. The summed E-state index contributed by atoms with van der Waals surface area (Å²) in [6, 6.07) is 7.88. The summed E-state index contributed by atoms with van der Waals surface area (Å²) in [6.45, 7) is 3.92. The molecule has 4 heteroatoms. The van der Waals surface area contributed by atoms with Crippen molar-refractivity contribution in [2.45, 2.75) is 19.8 Å². The molecule has 0 unspecified atom stereocenters. The molecule has 0 aliphatic heterocycles. The number of benzene rings is 1. The standard InChI is InChI=1S/C14H22N2O2/c1-3-12-7-4-5-8-13(12)16-14(17)11-15-9-6-10-18-2/h4-5,7-8,15H,3,6,9-11H2,1-2H3,(H,16,17). The summed E-state index contributed by atoms with van der Waals surface area (Å²) in [7, 11) is 1.67. The zero-order valence-electron chi connectivity index (χ0n) is 11.2. The van der Waals surface area contributed by atoms with Crippen molar-refractivity contribution in [1.82, 2.24) is 5.32 Å². The van der Waals surface area contributed by atoms with Crippen molar-refractivity contribution in [3.05, 3.63) is 29.8 Å². The fraction of sp³-hybridized carbons (Fsp3) is 0.500. The normalized spacial score (nSPS) is 10.3. The Bertz CT molecular complexity index is 367. The Morgan fingerprint density at radius 2 is 2.11 bits per heavy atom. The van der Waals surface area contributed by atoms with Gasteiger partial charge >= 0.3 is 0 Å². The fourth-order valence-corrected chi connectivity index (χ4v) is 1.69. The average molecular weight is 250 g/mol. The van der Waals surface area contributed by atoms with Gasteiger partial charge in [0.25, 0.3) is 0 Å². The van der Waals surface area contributed by atoms with Crippen LogP contribution in [0.4, 0.5) is 5.69 Å². The van der Waals surface area contributed by atoms with E-state index in [9.17, 15) is 4.79 Å². The van der Waals surface area contributed by atoms with Crippen LogP contribution in [0, 0.1) is 0 Å². The van der Waals surface area contributed by atoms with E-state index in [0.29, 0.717) is 13.2 Å². The Kier molecular flexibility index (Phi) is 7.06. The third-order valence-electron chi connectivity index (χ3n) is 2.66. The number of hydrogen-bond donors (Lipinski definition) is 2. The molecule has 0 atom stereocenters. The summed E-state index contributed by atoms with van der Waals surface area (Å²) in [6.07, 6.45) is 1.83. The molecule has 0 fully saturated rings. The van der Waals surface area contributed by atoms with E-state index in [4.69, 9.17) is 4.74 Å². The first-order valence-electron chi connectivity index (χ1n) is 6.35. The van der Waals surface area contributed by atoms with Crippen molar-refractivity contribution in [3.8, 4) is 0 Å². The van der Waals surface area contributed by atoms with Crippen molar-refractivity contribution in [2.24, 2.45) is 0 Å². The van der Waals surface area contributed by atoms with Crippen LogP contribution in [-0.2, 0) is 16.0 Å². The van der Waals surface area contributed by atoms with Gasteiger partial charge < -0.3 is 15.4 Å². The van der Waals surface area contributed by atoms with E-state index in [1.54, 1.807) is 7.11 Å². The molecule has 0 radical (unpaired) electrons. The number of amides is 1. The summed E-state index contributed by atoms with van der Waals surface area (Å²) in [4.78, 5) is 11.7. The van der Waals surface area contributed by atoms with E-state index in [0.717, 1.165) is 30.6 Å². The fourth-order valence-electron chi connectivity index (χ4n) is 1.69. The molecule has 0 aromatic heterocycles. The number of methoxy groups -OCH3 is 1. The number of hydrogen-bond acceptors (Lipinski definition) is 3. The van der Waals surface area contributed by atoms with Crippen molar-refractivity contribution in [2.75, 3.05) is 32.1 Å². The molecular formula is C14H22N2O2. The second kappa shape index (κ2) is 8.66. The predicted molar refractivity (Wildman–Crippen MR) is 73.8 cm³/mol. The maximum Gasteiger partial charge on any atom is 0.238 e. The van der Waals surface area contributed by atoms with E-state index in [1.807, 2.05) is 24.3 Å². The molecule has 4 nitrogen and oxygen atoms in total. The lowest BCUT2D eigenvalue weighted by Gasteiger charge is -2.10. The van der Waals surface area contributed by atoms with E-state index < -0.39 is 0 Å². The number of nitrogens with one attached hydrogen (secondary N) is 2. The summed E-state index contributed by atoms with van der Waals surface area (Å²) >= 11 is 0. The molecule has 100 valence electrons. The zero-order valence-corrected chi connectivity index (χ0v) is 11.2. The van der Waals surface area contributed by atoms with Gasteiger partial charge in [-0.15, -0.1) is 0 Å². The second-order valence-electron chi connectivity index (χ2n) is 4.08. The van der Waals surface area contributed by atoms with Gasteiger partial charge in [0.05, 0.1) is 6.54 Å². The summed E-state index contributed by atoms with van der Waals surface area (Å²) in [5.41, 5.74) is 2.06. The summed E-state index contributed by atoms with van der Waals surface area (Å²) in [5, 5.41) is 6.01. The van der Waals surface area contributed by atoms with Crippen LogP contribution in [0.25, 0.3) is 0 Å². The van der Waals surface area contributed by atoms with Gasteiger partial charge in [0.15, 0.2) is 0 Å². The number of aryl methyl sites for hydroxylation is 1. The largest absolute Gasteiger partial charge is 0.385 e. The second-order valence-corrected chi connectivity index (χ2v) is 4.08. The van der Waals surface area contributed by atoms with Gasteiger partial charge in [-0.05, 0) is 31.0 Å². The van der Waals surface area contributed by atoms with Gasteiger partial charge in [-0.2, -0.15) is 0 Å². The first kappa shape index (κ1) is 14.7. The van der Waals surface area contributed by atoms with Gasteiger partial charge in [-0.25, -0.2) is 0 Å². The number of anilines is 1. The van der Waals surface area contributed by atoms with Crippen LogP contribution < -0.4 is 10.6 Å². The third kappa shape index (κ3) is 5.29. The monoisotopic (exact) mass is 250 g/mol. The van der Waals surface area contributed by atoms with Crippen molar-refractivity contribution in [1.29, 1.82) is 0 Å². The summed E-state index contributed by atoms with van der Waals surface area (Å²) in [5.74, 6) is -0.00619. The Labute approximate surface area is 109 Å². The highest BCUT2D eigenvalue weighted by Crippen LogP contribution is 2.14. The maximum atomic E-state index is 11.7. The molecule has 1 amide bonds. The van der Waals surface area contributed by atoms with Gasteiger partial charge in [0.2, 0.25) is 5.91 Å². The molecule has 0 aliphatic rings. The Balaban J connectivity index is 2.31. The van der Waals surface area contributed by atoms with Crippen LogP contribution in [0.15, 0.2) is 24.3 Å². The molecule has 0 spiro atoms. The van der Waals surface area contributed by atoms with E-state index >= 15 is 0 Å². The van der Waals surface area contributed by atoms with Crippen LogP contribution in [0.3, 0.4) is 0 Å². The molecule has 0 aliphatic carbocycles. The highest BCUT2D eigenvalue weighted by atomic mass is 16.5. The highest BCUT2D eigenvalue weighted by Gasteiger charge is 2.04. The minimum atomic E-state index is -0.00619. The summed E-state index contributed by atoms with van der Waals surface area (Å²) < 4.78 is 4.93. The van der Waals surface area contributed by atoms with Gasteiger partial charge in [0.1, 0.15) is 0 Å². The zero-order chi connectivity index (χ0) is 13.2. The first-order chi connectivity index (χ1) is 8.77. The number of rotatable bonds is 8. The minimum Gasteiger partial charge on any atom is -0.385 e. The van der Waals surface area contributed by atoms with Crippen LogP contribution in [-0.4, -0.2) is 32.7 Å². The number of ether oxygens (including phenoxy) is 1. The SMILES string of the molecule is CCc1ccccc1NC(=O)CNCCCOC. The van der Waals surface area contributed by atoms with E-state index in [1.165, 1.54) is 0 Å². The van der Waals surface area contributed by atoms with Crippen LogP contribution in [0.5, 0.6) is 0 Å². The van der Waals surface area contributed by atoms with Crippen molar-refractivity contribution >= 4 is 11.6 Å². The molecular weight excluding hydrogens is 228 g/mol. The molecule has 1 aromatic rings. The molecule has 0 heterocycles. The predicted octanol–water partition coefficient (Wildman–Crippen LogP) is 1.81. The molecule has 0 saturated heterocycles. The maximum absolute atomic E-state index is 11.7. The smallest absolute Gasteiger partial charge is 0.238 e.